The van der Waals surface area contributed by atoms with E-state index in [1.54, 1.807) is 0 Å². The quantitative estimate of drug-likeness (QED) is 0.536. The molecule has 0 spiro atoms. The second-order valence-corrected chi connectivity index (χ2v) is 6.43. The van der Waals surface area contributed by atoms with Crippen LogP contribution >= 0.6 is 44.1 Å². The van der Waals surface area contributed by atoms with E-state index in [1.165, 1.54) is 5.56 Å². The highest BCUT2D eigenvalue weighted by Crippen LogP contribution is 2.29. The zero-order valence-electron chi connectivity index (χ0n) is 10.1. The normalized spacial score (nSPS) is 11.1. The maximum Gasteiger partial charge on any atom is 0.182 e. The second-order valence-electron chi connectivity index (χ2n) is 4.34. The third-order valence-electron chi connectivity index (χ3n) is 3.06. The van der Waals surface area contributed by atoms with E-state index < -0.39 is 0 Å². The second kappa shape index (κ2) is 4.89. The fourth-order valence-electron chi connectivity index (χ4n) is 2.12. The Morgan fingerprint density at radius 1 is 1.16 bits per heavy atom. The molecule has 0 saturated carbocycles. The number of benzene rings is 2. The number of imidazole rings is 1. The van der Waals surface area contributed by atoms with Gasteiger partial charge in [-0.05, 0) is 64.9 Å². The van der Waals surface area contributed by atoms with Crippen molar-refractivity contribution in [2.45, 2.75) is 6.92 Å². The maximum atomic E-state index is 5.45. The Hall–Kier alpha value is -0.910. The number of aromatic amines is 1. The van der Waals surface area contributed by atoms with Crippen molar-refractivity contribution in [1.29, 1.82) is 0 Å². The number of halogens is 2. The summed E-state index contributed by atoms with van der Waals surface area (Å²) in [5.41, 5.74) is 4.32. The van der Waals surface area contributed by atoms with E-state index in [9.17, 15) is 0 Å². The van der Waals surface area contributed by atoms with Crippen LogP contribution in [0.4, 0.5) is 0 Å². The molecular formula is C14H10Br2N2S. The summed E-state index contributed by atoms with van der Waals surface area (Å²) in [5, 5.41) is 0. The highest BCUT2D eigenvalue weighted by atomic mass is 79.9. The Morgan fingerprint density at radius 3 is 2.74 bits per heavy atom. The average Bonchev–Trinajstić information content (AvgIpc) is 2.69. The average molecular weight is 398 g/mol. The SMILES string of the molecule is Cc1cccc(-n2c(=S)[nH]c3ccc(Br)cc32)c1Br. The molecule has 2 nitrogen and oxygen atoms in total. The summed E-state index contributed by atoms with van der Waals surface area (Å²) in [6.07, 6.45) is 0. The van der Waals surface area contributed by atoms with Gasteiger partial charge in [0.15, 0.2) is 4.77 Å². The zero-order chi connectivity index (χ0) is 13.6. The van der Waals surface area contributed by atoms with Gasteiger partial charge in [-0.1, -0.05) is 28.1 Å². The molecular weight excluding hydrogens is 388 g/mol. The van der Waals surface area contributed by atoms with Crippen molar-refractivity contribution < 1.29 is 0 Å². The lowest BCUT2D eigenvalue weighted by Gasteiger charge is -2.09. The minimum atomic E-state index is 0.694. The van der Waals surface area contributed by atoms with Crippen molar-refractivity contribution in [3.05, 3.63) is 55.7 Å². The van der Waals surface area contributed by atoms with Crippen LogP contribution in [-0.2, 0) is 0 Å². The lowest BCUT2D eigenvalue weighted by molar-refractivity contribution is 1.05. The summed E-state index contributed by atoms with van der Waals surface area (Å²) in [7, 11) is 0. The molecule has 3 rings (SSSR count). The van der Waals surface area contributed by atoms with Crippen molar-refractivity contribution in [2.24, 2.45) is 0 Å². The fourth-order valence-corrected chi connectivity index (χ4v) is 3.22. The van der Waals surface area contributed by atoms with Crippen LogP contribution in [0, 0.1) is 11.7 Å². The van der Waals surface area contributed by atoms with Gasteiger partial charge in [0.2, 0.25) is 0 Å². The third-order valence-corrected chi connectivity index (χ3v) is 4.87. The molecule has 0 aliphatic heterocycles. The van der Waals surface area contributed by atoms with Crippen LogP contribution in [0.2, 0.25) is 0 Å². The van der Waals surface area contributed by atoms with Gasteiger partial charge < -0.3 is 4.98 Å². The molecule has 19 heavy (non-hydrogen) atoms. The first kappa shape index (κ1) is 13.1. The predicted octanol–water partition coefficient (Wildman–Crippen LogP) is 5.52. The summed E-state index contributed by atoms with van der Waals surface area (Å²) in [5.74, 6) is 0. The van der Waals surface area contributed by atoms with Gasteiger partial charge in [-0.25, -0.2) is 0 Å². The van der Waals surface area contributed by atoms with Gasteiger partial charge in [-0.2, -0.15) is 0 Å². The van der Waals surface area contributed by atoms with Crippen molar-refractivity contribution in [3.63, 3.8) is 0 Å². The van der Waals surface area contributed by atoms with Gasteiger partial charge >= 0.3 is 0 Å². The summed E-state index contributed by atoms with van der Waals surface area (Å²) in [4.78, 5) is 3.24. The van der Waals surface area contributed by atoms with Crippen LogP contribution in [0.25, 0.3) is 16.7 Å². The molecule has 0 bridgehead atoms. The first-order chi connectivity index (χ1) is 9.08. The Bertz CT molecular complexity index is 833. The molecule has 0 aliphatic rings. The van der Waals surface area contributed by atoms with E-state index >= 15 is 0 Å². The Morgan fingerprint density at radius 2 is 1.95 bits per heavy atom. The molecule has 1 N–H and O–H groups in total. The number of aryl methyl sites for hydroxylation is 1. The largest absolute Gasteiger partial charge is 0.330 e. The third kappa shape index (κ3) is 2.20. The number of aromatic nitrogens is 2. The van der Waals surface area contributed by atoms with E-state index in [1.807, 2.05) is 22.8 Å². The zero-order valence-corrected chi connectivity index (χ0v) is 14.1. The van der Waals surface area contributed by atoms with E-state index in [0.717, 1.165) is 25.7 Å². The van der Waals surface area contributed by atoms with E-state index in [2.05, 4.69) is 62.0 Å². The molecule has 0 saturated heterocycles. The monoisotopic (exact) mass is 396 g/mol. The lowest BCUT2D eigenvalue weighted by Crippen LogP contribution is -1.96. The van der Waals surface area contributed by atoms with Crippen molar-refractivity contribution in [3.8, 4) is 5.69 Å². The van der Waals surface area contributed by atoms with Gasteiger partial charge in [0.05, 0.1) is 16.7 Å². The van der Waals surface area contributed by atoms with Crippen LogP contribution in [0.15, 0.2) is 45.3 Å². The summed E-state index contributed by atoms with van der Waals surface area (Å²) in [6.45, 7) is 2.07. The van der Waals surface area contributed by atoms with Crippen LogP contribution in [-0.4, -0.2) is 9.55 Å². The van der Waals surface area contributed by atoms with Gasteiger partial charge in [-0.15, -0.1) is 0 Å². The van der Waals surface area contributed by atoms with Crippen molar-refractivity contribution >= 4 is 55.1 Å². The molecule has 3 aromatic rings. The molecule has 0 radical (unpaired) electrons. The number of rotatable bonds is 1. The number of fused-ring (bicyclic) bond motifs is 1. The molecule has 1 aromatic heterocycles. The van der Waals surface area contributed by atoms with Crippen molar-refractivity contribution in [2.75, 3.05) is 0 Å². The molecule has 0 amide bonds. The van der Waals surface area contributed by atoms with E-state index in [4.69, 9.17) is 12.2 Å². The molecule has 0 atom stereocenters. The van der Waals surface area contributed by atoms with E-state index in [-0.39, 0.29) is 0 Å². The minimum Gasteiger partial charge on any atom is -0.330 e. The first-order valence-electron chi connectivity index (χ1n) is 5.73. The lowest BCUT2D eigenvalue weighted by atomic mass is 10.2. The van der Waals surface area contributed by atoms with Crippen LogP contribution < -0.4 is 0 Å². The smallest absolute Gasteiger partial charge is 0.182 e. The number of hydrogen-bond acceptors (Lipinski definition) is 1. The Kier molecular flexibility index (Phi) is 3.37. The number of nitrogens with one attached hydrogen (secondary N) is 1. The topological polar surface area (TPSA) is 20.7 Å². The number of H-pyrrole nitrogens is 1. The molecule has 5 heteroatoms. The van der Waals surface area contributed by atoms with Gasteiger partial charge in [-0.3, -0.25) is 4.57 Å². The summed E-state index contributed by atoms with van der Waals surface area (Å²) < 4.78 is 4.84. The Labute approximate surface area is 132 Å². The van der Waals surface area contributed by atoms with E-state index in [0.29, 0.717) is 4.77 Å². The maximum absolute atomic E-state index is 5.45. The highest BCUT2D eigenvalue weighted by molar-refractivity contribution is 9.10. The van der Waals surface area contributed by atoms with Gasteiger partial charge in [0.1, 0.15) is 0 Å². The summed E-state index contributed by atoms with van der Waals surface area (Å²) >= 11 is 12.6. The minimum absolute atomic E-state index is 0.694. The molecule has 0 fully saturated rings. The molecule has 0 aliphatic carbocycles. The fraction of sp³-hybridized carbons (Fsp3) is 0.0714. The number of hydrogen-bond donors (Lipinski definition) is 1. The van der Waals surface area contributed by atoms with Crippen molar-refractivity contribution in [1.82, 2.24) is 9.55 Å². The van der Waals surface area contributed by atoms with Crippen LogP contribution in [0.3, 0.4) is 0 Å². The molecule has 1 heterocycles. The Balaban J connectivity index is 2.42. The predicted molar refractivity (Wildman–Crippen MR) is 88.6 cm³/mol. The molecule has 96 valence electrons. The highest BCUT2D eigenvalue weighted by Gasteiger charge is 2.10. The first-order valence-corrected chi connectivity index (χ1v) is 7.73. The van der Waals surface area contributed by atoms with Gasteiger partial charge in [0.25, 0.3) is 0 Å². The van der Waals surface area contributed by atoms with Gasteiger partial charge in [0, 0.05) is 8.95 Å². The summed E-state index contributed by atoms with van der Waals surface area (Å²) in [6, 6.07) is 12.3. The van der Waals surface area contributed by atoms with Crippen LogP contribution in [0.1, 0.15) is 5.56 Å². The standard InChI is InChI=1S/C14H10Br2N2S/c1-8-3-2-4-11(13(8)16)18-12-7-9(15)5-6-10(12)17-14(18)19/h2-7H,1H3,(H,17,19). The molecule has 2 aromatic carbocycles. The van der Waals surface area contributed by atoms with Crippen LogP contribution in [0.5, 0.6) is 0 Å². The number of nitrogens with zero attached hydrogens (tertiary/aromatic N) is 1. The molecule has 0 unspecified atom stereocenters.